The van der Waals surface area contributed by atoms with Gasteiger partial charge in [-0.3, -0.25) is 13.9 Å². The van der Waals surface area contributed by atoms with Crippen LogP contribution in [0.5, 0.6) is 5.75 Å². The highest BCUT2D eigenvalue weighted by atomic mass is 35.5. The molecule has 9 heteroatoms. The molecule has 0 bridgehead atoms. The summed E-state index contributed by atoms with van der Waals surface area (Å²) in [6, 6.07) is 5.38. The number of halogens is 1. The molecule has 0 saturated carbocycles. The van der Waals surface area contributed by atoms with Gasteiger partial charge >= 0.3 is 5.69 Å². The van der Waals surface area contributed by atoms with E-state index in [9.17, 15) is 9.59 Å². The van der Waals surface area contributed by atoms with Crippen molar-refractivity contribution in [1.82, 2.24) is 18.7 Å². The fourth-order valence-electron chi connectivity index (χ4n) is 3.87. The minimum absolute atomic E-state index is 0.142. The van der Waals surface area contributed by atoms with E-state index in [0.29, 0.717) is 41.0 Å². The fraction of sp³-hybridized carbons (Fsp3) is 0.350. The average Bonchev–Trinajstić information content (AvgIpc) is 3.08. The average molecular weight is 416 g/mol. The van der Waals surface area contributed by atoms with Crippen LogP contribution in [0.3, 0.4) is 0 Å². The number of imidazole rings is 1. The smallest absolute Gasteiger partial charge is 0.332 e. The molecule has 1 aliphatic heterocycles. The number of ether oxygens (including phenoxy) is 1. The van der Waals surface area contributed by atoms with Gasteiger partial charge in [-0.25, -0.2) is 4.79 Å². The zero-order valence-electron chi connectivity index (χ0n) is 16.6. The lowest BCUT2D eigenvalue weighted by Crippen LogP contribution is -2.40. The van der Waals surface area contributed by atoms with Gasteiger partial charge in [-0.15, -0.1) is 6.58 Å². The van der Waals surface area contributed by atoms with Crippen LogP contribution in [0.15, 0.2) is 40.4 Å². The first kappa shape index (κ1) is 19.3. The zero-order valence-corrected chi connectivity index (χ0v) is 17.3. The quantitative estimate of drug-likeness (QED) is 0.612. The third-order valence-electron chi connectivity index (χ3n) is 5.19. The van der Waals surface area contributed by atoms with Gasteiger partial charge in [-0.2, -0.15) is 4.98 Å². The van der Waals surface area contributed by atoms with Crippen LogP contribution in [0, 0.1) is 5.92 Å². The number of aryl methyl sites for hydroxylation is 1. The molecule has 29 heavy (non-hydrogen) atoms. The summed E-state index contributed by atoms with van der Waals surface area (Å²) in [5, 5.41) is 0.572. The highest BCUT2D eigenvalue weighted by Gasteiger charge is 2.31. The highest BCUT2D eigenvalue weighted by Crippen LogP contribution is 2.39. The Balaban J connectivity index is 2.04. The Kier molecular flexibility index (Phi) is 4.74. The molecule has 0 aliphatic carbocycles. The van der Waals surface area contributed by atoms with Crippen molar-refractivity contribution in [3.8, 4) is 5.75 Å². The minimum Gasteiger partial charge on any atom is -0.495 e. The van der Waals surface area contributed by atoms with Gasteiger partial charge in [0.2, 0.25) is 5.95 Å². The van der Waals surface area contributed by atoms with E-state index in [-0.39, 0.29) is 18.0 Å². The molecule has 1 atom stereocenters. The Hall–Kier alpha value is -3.00. The summed E-state index contributed by atoms with van der Waals surface area (Å²) in [5.41, 5.74) is 0.739. The normalized spacial score (nSPS) is 16.1. The number of allylic oxidation sites excluding steroid dienone is 1. The molecular weight excluding hydrogens is 394 g/mol. The second-order valence-corrected chi connectivity index (χ2v) is 7.71. The van der Waals surface area contributed by atoms with Gasteiger partial charge in [0.05, 0.1) is 12.8 Å². The molecule has 0 unspecified atom stereocenters. The molecule has 0 N–H and O–H groups in total. The van der Waals surface area contributed by atoms with Gasteiger partial charge in [0.1, 0.15) is 5.75 Å². The third kappa shape index (κ3) is 2.95. The van der Waals surface area contributed by atoms with E-state index in [2.05, 4.69) is 18.5 Å². The number of rotatable bonds is 4. The Morgan fingerprint density at radius 3 is 2.79 bits per heavy atom. The van der Waals surface area contributed by atoms with E-state index in [1.165, 1.54) is 15.2 Å². The van der Waals surface area contributed by atoms with E-state index in [4.69, 9.17) is 16.3 Å². The van der Waals surface area contributed by atoms with Crippen molar-refractivity contribution in [2.75, 3.05) is 18.6 Å². The molecule has 0 spiro atoms. The number of aromatic nitrogens is 4. The van der Waals surface area contributed by atoms with Crippen LogP contribution < -0.4 is 20.9 Å². The second-order valence-electron chi connectivity index (χ2n) is 7.27. The maximum absolute atomic E-state index is 13.1. The van der Waals surface area contributed by atoms with E-state index >= 15 is 0 Å². The molecule has 8 nitrogen and oxygen atoms in total. The van der Waals surface area contributed by atoms with Gasteiger partial charge in [-0.1, -0.05) is 24.6 Å². The fourth-order valence-corrected chi connectivity index (χ4v) is 4.04. The first-order chi connectivity index (χ1) is 13.9. The van der Waals surface area contributed by atoms with Crippen molar-refractivity contribution in [3.63, 3.8) is 0 Å². The standard InChI is InChI=1S/C20H22ClN5O3/c1-5-8-24-18(27)16-17(23(3)20(24)28)22-19-25(10-12(2)11-26(16)19)14-9-13(21)6-7-15(14)29-4/h5-7,9,12H,1,8,10-11H2,2-4H3/t12-/m1/s1. The number of benzene rings is 1. The van der Waals surface area contributed by atoms with Crippen LogP contribution in [0.2, 0.25) is 5.02 Å². The first-order valence-corrected chi connectivity index (χ1v) is 9.67. The lowest BCUT2D eigenvalue weighted by Gasteiger charge is -2.33. The van der Waals surface area contributed by atoms with Crippen molar-refractivity contribution in [1.29, 1.82) is 0 Å². The number of hydrogen-bond acceptors (Lipinski definition) is 5. The zero-order chi connectivity index (χ0) is 20.9. The van der Waals surface area contributed by atoms with Crippen LogP contribution >= 0.6 is 11.6 Å². The van der Waals surface area contributed by atoms with Crippen molar-refractivity contribution < 1.29 is 4.74 Å². The monoisotopic (exact) mass is 415 g/mol. The molecule has 0 saturated heterocycles. The van der Waals surface area contributed by atoms with Gasteiger partial charge < -0.3 is 14.2 Å². The molecule has 1 aliphatic rings. The summed E-state index contributed by atoms with van der Waals surface area (Å²) >= 11 is 6.24. The van der Waals surface area contributed by atoms with E-state index < -0.39 is 5.69 Å². The van der Waals surface area contributed by atoms with Gasteiger partial charge in [0, 0.05) is 31.7 Å². The third-order valence-corrected chi connectivity index (χ3v) is 5.42. The van der Waals surface area contributed by atoms with Gasteiger partial charge in [0.25, 0.3) is 5.56 Å². The van der Waals surface area contributed by atoms with Gasteiger partial charge in [0.15, 0.2) is 11.2 Å². The van der Waals surface area contributed by atoms with E-state index in [0.717, 1.165) is 5.69 Å². The molecule has 1 aromatic carbocycles. The summed E-state index contributed by atoms with van der Waals surface area (Å²) in [6.45, 7) is 7.18. The lowest BCUT2D eigenvalue weighted by molar-refractivity contribution is 0.409. The molecule has 0 amide bonds. The van der Waals surface area contributed by atoms with Crippen LogP contribution in [0.1, 0.15) is 6.92 Å². The van der Waals surface area contributed by atoms with Gasteiger partial charge in [-0.05, 0) is 24.1 Å². The maximum Gasteiger partial charge on any atom is 0.332 e. The lowest BCUT2D eigenvalue weighted by atomic mass is 10.1. The molecular formula is C20H22ClN5O3. The number of fused-ring (bicyclic) bond motifs is 3. The number of hydrogen-bond donors (Lipinski definition) is 0. The Labute approximate surface area is 172 Å². The highest BCUT2D eigenvalue weighted by molar-refractivity contribution is 6.31. The largest absolute Gasteiger partial charge is 0.495 e. The molecule has 2 aromatic heterocycles. The topological polar surface area (TPSA) is 74.3 Å². The SMILES string of the molecule is C=CCn1c(=O)c2c(nc3n2C[C@H](C)CN3c2cc(Cl)ccc2OC)n(C)c1=O. The summed E-state index contributed by atoms with van der Waals surface area (Å²) in [4.78, 5) is 32.4. The molecule has 152 valence electrons. The number of anilines is 2. The molecule has 0 fully saturated rings. The summed E-state index contributed by atoms with van der Waals surface area (Å²) < 4.78 is 9.99. The Morgan fingerprint density at radius 1 is 1.34 bits per heavy atom. The first-order valence-electron chi connectivity index (χ1n) is 9.29. The van der Waals surface area contributed by atoms with Crippen molar-refractivity contribution in [3.05, 3.63) is 56.7 Å². The predicted molar refractivity (Wildman–Crippen MR) is 114 cm³/mol. The molecule has 3 heterocycles. The van der Waals surface area contributed by atoms with E-state index in [1.807, 2.05) is 15.5 Å². The Bertz CT molecular complexity index is 1240. The van der Waals surface area contributed by atoms with Crippen LogP contribution in [-0.2, 0) is 20.1 Å². The number of methoxy groups -OCH3 is 1. The summed E-state index contributed by atoms with van der Waals surface area (Å²) in [7, 11) is 3.22. The second kappa shape index (κ2) is 7.11. The van der Waals surface area contributed by atoms with Crippen molar-refractivity contribution >= 4 is 34.4 Å². The maximum atomic E-state index is 13.1. The van der Waals surface area contributed by atoms with Crippen molar-refractivity contribution in [2.45, 2.75) is 20.0 Å². The summed E-state index contributed by atoms with van der Waals surface area (Å²) in [5.74, 6) is 1.47. The van der Waals surface area contributed by atoms with E-state index in [1.54, 1.807) is 26.3 Å². The predicted octanol–water partition coefficient (Wildman–Crippen LogP) is 2.53. The minimum atomic E-state index is -0.419. The Morgan fingerprint density at radius 2 is 2.10 bits per heavy atom. The van der Waals surface area contributed by atoms with Crippen LogP contribution in [0.4, 0.5) is 11.6 Å². The summed E-state index contributed by atoms with van der Waals surface area (Å²) in [6.07, 6.45) is 1.54. The van der Waals surface area contributed by atoms with Crippen LogP contribution in [-0.4, -0.2) is 32.3 Å². The number of nitrogens with zero attached hydrogens (tertiary/aromatic N) is 5. The molecule has 3 aromatic rings. The molecule has 4 rings (SSSR count). The van der Waals surface area contributed by atoms with Crippen LogP contribution in [0.25, 0.3) is 11.2 Å². The molecule has 0 radical (unpaired) electrons. The van der Waals surface area contributed by atoms with Crippen molar-refractivity contribution in [2.24, 2.45) is 13.0 Å².